The molecule has 3 heteroatoms. The monoisotopic (exact) mass is 350 g/mol. The van der Waals surface area contributed by atoms with Crippen molar-refractivity contribution in [1.29, 1.82) is 0 Å². The molecule has 0 aromatic heterocycles. The van der Waals surface area contributed by atoms with Crippen LogP contribution in [0.2, 0.25) is 0 Å². The second-order valence-electron chi connectivity index (χ2n) is 8.73. The summed E-state index contributed by atoms with van der Waals surface area (Å²) in [5.74, 6) is 1.18. The molecule has 2 rings (SSSR count). The van der Waals surface area contributed by atoms with Gasteiger partial charge in [0.15, 0.2) is 6.29 Å². The van der Waals surface area contributed by atoms with E-state index in [0.717, 1.165) is 12.8 Å². The van der Waals surface area contributed by atoms with Gasteiger partial charge in [-0.05, 0) is 63.2 Å². The molecule has 0 bridgehead atoms. The fraction of sp³-hybridized carbons (Fsp3) is 0.818. The van der Waals surface area contributed by atoms with E-state index in [9.17, 15) is 0 Å². The van der Waals surface area contributed by atoms with Gasteiger partial charge in [0.2, 0.25) is 0 Å². The van der Waals surface area contributed by atoms with Gasteiger partial charge in [-0.1, -0.05) is 43.6 Å². The van der Waals surface area contributed by atoms with Crippen LogP contribution in [-0.4, -0.2) is 32.2 Å². The molecule has 0 spiro atoms. The largest absolute Gasteiger partial charge is 0.392 e. The van der Waals surface area contributed by atoms with Crippen molar-refractivity contribution in [3.8, 4) is 0 Å². The fourth-order valence-corrected chi connectivity index (χ4v) is 5.98. The van der Waals surface area contributed by atoms with Gasteiger partial charge in [0, 0.05) is 19.6 Å². The highest BCUT2D eigenvalue weighted by molar-refractivity contribution is 5.19. The zero-order chi connectivity index (χ0) is 18.7. The molecule has 144 valence electrons. The van der Waals surface area contributed by atoms with Gasteiger partial charge in [-0.25, -0.2) is 0 Å². The van der Waals surface area contributed by atoms with Gasteiger partial charge in [-0.3, -0.25) is 0 Å². The van der Waals surface area contributed by atoms with Gasteiger partial charge in [0.1, 0.15) is 0 Å². The van der Waals surface area contributed by atoms with Gasteiger partial charge in [0.25, 0.3) is 0 Å². The average Bonchev–Trinajstić information content (AvgIpc) is 2.55. The number of hydrogen-bond donors (Lipinski definition) is 1. The number of fused-ring (bicyclic) bond motifs is 1. The Morgan fingerprint density at radius 3 is 2.60 bits per heavy atom. The highest BCUT2D eigenvalue weighted by Crippen LogP contribution is 2.62. The predicted molar refractivity (Wildman–Crippen MR) is 103 cm³/mol. The first-order valence-corrected chi connectivity index (χ1v) is 9.82. The minimum Gasteiger partial charge on any atom is -0.392 e. The molecule has 4 atom stereocenters. The summed E-state index contributed by atoms with van der Waals surface area (Å²) in [6, 6.07) is 0. The molecule has 0 saturated heterocycles. The first kappa shape index (κ1) is 20.7. The van der Waals surface area contributed by atoms with E-state index in [1.165, 1.54) is 31.3 Å². The van der Waals surface area contributed by atoms with Crippen molar-refractivity contribution >= 4 is 0 Å². The number of aliphatic hydroxyl groups excluding tert-OH is 1. The van der Waals surface area contributed by atoms with Crippen LogP contribution >= 0.6 is 0 Å². The first-order chi connectivity index (χ1) is 11.8. The Labute approximate surface area is 154 Å². The second-order valence-corrected chi connectivity index (χ2v) is 8.73. The Hall–Kier alpha value is -0.640. The number of methoxy groups -OCH3 is 2. The zero-order valence-electron chi connectivity index (χ0n) is 17.1. The van der Waals surface area contributed by atoms with Gasteiger partial charge in [-0.2, -0.15) is 0 Å². The summed E-state index contributed by atoms with van der Waals surface area (Å²) in [7, 11) is 3.55. The Morgan fingerprint density at radius 1 is 1.32 bits per heavy atom. The maximum atomic E-state index is 9.13. The van der Waals surface area contributed by atoms with Crippen molar-refractivity contribution in [3.63, 3.8) is 0 Å². The van der Waals surface area contributed by atoms with E-state index in [2.05, 4.69) is 33.8 Å². The topological polar surface area (TPSA) is 38.7 Å². The van der Waals surface area contributed by atoms with Gasteiger partial charge < -0.3 is 14.6 Å². The lowest BCUT2D eigenvalue weighted by atomic mass is 9.47. The lowest BCUT2D eigenvalue weighted by Crippen LogP contribution is -2.54. The van der Waals surface area contributed by atoms with E-state index in [1.807, 2.05) is 6.08 Å². The number of aliphatic hydroxyl groups is 1. The van der Waals surface area contributed by atoms with Crippen LogP contribution in [0, 0.1) is 22.7 Å². The van der Waals surface area contributed by atoms with Crippen molar-refractivity contribution in [3.05, 3.63) is 23.3 Å². The molecular formula is C22H38O3. The lowest BCUT2D eigenvalue weighted by molar-refractivity contribution is -0.224. The standard InChI is InChI=1S/C22H38O3/c1-16(12-15-23)8-10-18-17(2)9-11-19-21(18,3)13-7-14-22(19,4)20(24-5)25-6/h9,12,18-20,23H,7-8,10-11,13-15H2,1-6H3/b16-12+/t18-,19+,21+,22-/m0/s1. The van der Waals surface area contributed by atoms with Crippen molar-refractivity contribution < 1.29 is 14.6 Å². The van der Waals surface area contributed by atoms with Crippen LogP contribution in [0.3, 0.4) is 0 Å². The quantitative estimate of drug-likeness (QED) is 0.512. The van der Waals surface area contributed by atoms with Crippen LogP contribution < -0.4 is 0 Å². The highest BCUT2D eigenvalue weighted by Gasteiger charge is 2.56. The number of hydrogen-bond acceptors (Lipinski definition) is 3. The molecular weight excluding hydrogens is 312 g/mol. The van der Waals surface area contributed by atoms with Crippen LogP contribution in [-0.2, 0) is 9.47 Å². The zero-order valence-corrected chi connectivity index (χ0v) is 17.1. The summed E-state index contributed by atoms with van der Waals surface area (Å²) < 4.78 is 11.5. The molecule has 1 saturated carbocycles. The summed E-state index contributed by atoms with van der Waals surface area (Å²) in [5, 5.41) is 9.13. The smallest absolute Gasteiger partial charge is 0.162 e. The first-order valence-electron chi connectivity index (χ1n) is 9.82. The van der Waals surface area contributed by atoms with Crippen molar-refractivity contribution in [1.82, 2.24) is 0 Å². The molecule has 0 heterocycles. The van der Waals surface area contributed by atoms with Crippen LogP contribution in [0.5, 0.6) is 0 Å². The summed E-state index contributed by atoms with van der Waals surface area (Å²) in [4.78, 5) is 0. The predicted octanol–water partition coefficient (Wildman–Crippen LogP) is 5.10. The van der Waals surface area contributed by atoms with Gasteiger partial charge in [-0.15, -0.1) is 0 Å². The molecule has 1 N–H and O–H groups in total. The molecule has 0 unspecified atom stereocenters. The maximum absolute atomic E-state index is 9.13. The third-order valence-corrected chi connectivity index (χ3v) is 7.28. The van der Waals surface area contributed by atoms with Crippen molar-refractivity contribution in [2.45, 2.75) is 72.5 Å². The van der Waals surface area contributed by atoms with Crippen molar-refractivity contribution in [2.75, 3.05) is 20.8 Å². The molecule has 0 aliphatic heterocycles. The Bertz CT molecular complexity index is 505. The van der Waals surface area contributed by atoms with E-state index in [0.29, 0.717) is 17.3 Å². The van der Waals surface area contributed by atoms with Crippen molar-refractivity contribution in [2.24, 2.45) is 22.7 Å². The van der Waals surface area contributed by atoms with E-state index in [4.69, 9.17) is 14.6 Å². The van der Waals surface area contributed by atoms with E-state index in [-0.39, 0.29) is 18.3 Å². The summed E-state index contributed by atoms with van der Waals surface area (Å²) in [5.41, 5.74) is 3.19. The van der Waals surface area contributed by atoms with E-state index < -0.39 is 0 Å². The molecule has 0 aromatic rings. The SMILES string of the molecule is COC(OC)[C@@]1(C)CCC[C@@]2(C)[C@H]1CC=C(C)[C@@H]2CC/C(C)=C/CO. The highest BCUT2D eigenvalue weighted by atomic mass is 16.7. The molecule has 2 aliphatic rings. The minimum absolute atomic E-state index is 0.0575. The van der Waals surface area contributed by atoms with Gasteiger partial charge in [0.05, 0.1) is 6.61 Å². The summed E-state index contributed by atoms with van der Waals surface area (Å²) >= 11 is 0. The minimum atomic E-state index is -0.138. The third kappa shape index (κ3) is 3.89. The van der Waals surface area contributed by atoms with Crippen LogP contribution in [0.1, 0.15) is 66.2 Å². The van der Waals surface area contributed by atoms with Crippen LogP contribution in [0.25, 0.3) is 0 Å². The Morgan fingerprint density at radius 2 is 2.00 bits per heavy atom. The second kappa shape index (κ2) is 8.37. The van der Waals surface area contributed by atoms with E-state index in [1.54, 1.807) is 19.8 Å². The molecule has 0 amide bonds. The normalized spacial score (nSPS) is 36.3. The maximum Gasteiger partial charge on any atom is 0.162 e. The Kier molecular flexibility index (Phi) is 6.92. The molecule has 1 fully saturated rings. The molecule has 2 aliphatic carbocycles. The molecule has 0 radical (unpaired) electrons. The summed E-state index contributed by atoms with van der Waals surface area (Å²) in [6.07, 6.45) is 11.3. The molecule has 25 heavy (non-hydrogen) atoms. The fourth-order valence-electron chi connectivity index (χ4n) is 5.98. The third-order valence-electron chi connectivity index (χ3n) is 7.28. The number of allylic oxidation sites excluding steroid dienone is 3. The number of rotatable bonds is 7. The lowest BCUT2D eigenvalue weighted by Gasteiger charge is -2.59. The molecule has 3 nitrogen and oxygen atoms in total. The van der Waals surface area contributed by atoms with Crippen LogP contribution in [0.15, 0.2) is 23.3 Å². The Balaban J connectivity index is 2.30. The van der Waals surface area contributed by atoms with Crippen LogP contribution in [0.4, 0.5) is 0 Å². The van der Waals surface area contributed by atoms with Gasteiger partial charge >= 0.3 is 0 Å². The average molecular weight is 351 g/mol. The summed E-state index contributed by atoms with van der Waals surface area (Å²) in [6.45, 7) is 9.47. The molecule has 0 aromatic carbocycles. The number of ether oxygens (including phenoxy) is 2. The van der Waals surface area contributed by atoms with E-state index >= 15 is 0 Å².